The van der Waals surface area contributed by atoms with E-state index in [0.717, 1.165) is 49.4 Å². The molecule has 0 atom stereocenters. The molecule has 0 amide bonds. The first-order chi connectivity index (χ1) is 14.4. The zero-order valence-electron chi connectivity index (χ0n) is 19.1. The van der Waals surface area contributed by atoms with Gasteiger partial charge in [-0.1, -0.05) is 35.9 Å². The molecule has 0 saturated carbocycles. The first-order valence-corrected chi connectivity index (χ1v) is 11.0. The average Bonchev–Trinajstić information content (AvgIpc) is 2.90. The van der Waals surface area contributed by atoms with Crippen LogP contribution in [-0.2, 0) is 26.7 Å². The summed E-state index contributed by atoms with van der Waals surface area (Å²) in [6.07, 6.45) is 3.17. The fourth-order valence-electron chi connectivity index (χ4n) is 3.89. The van der Waals surface area contributed by atoms with Crippen molar-refractivity contribution in [2.45, 2.75) is 26.1 Å². The van der Waals surface area contributed by atoms with E-state index in [1.54, 1.807) is 0 Å². The first kappa shape index (κ1) is 26.0. The Morgan fingerprint density at radius 3 is 2.45 bits per heavy atom. The van der Waals surface area contributed by atoms with Gasteiger partial charge in [0, 0.05) is 59.2 Å². The number of aliphatic imine (C=N–C) groups is 1. The van der Waals surface area contributed by atoms with Crippen LogP contribution in [0.25, 0.3) is 0 Å². The van der Waals surface area contributed by atoms with Crippen LogP contribution in [0.2, 0.25) is 5.02 Å². The quantitative estimate of drug-likeness (QED) is 0.334. The van der Waals surface area contributed by atoms with Crippen LogP contribution in [0.3, 0.4) is 0 Å². The van der Waals surface area contributed by atoms with Crippen LogP contribution in [-0.4, -0.2) is 72.5 Å². The molecular weight excluding hydrogens is 523 g/mol. The average molecular weight is 559 g/mol. The molecule has 1 aromatic heterocycles. The van der Waals surface area contributed by atoms with Crippen LogP contribution in [0.4, 0.5) is 0 Å². The Balaban J connectivity index is 0.00000341. The predicted molar refractivity (Wildman–Crippen MR) is 141 cm³/mol. The van der Waals surface area contributed by atoms with Crippen molar-refractivity contribution in [3.05, 3.63) is 58.4 Å². The number of nitrogens with zero attached hydrogens (tertiary/aromatic N) is 5. The summed E-state index contributed by atoms with van der Waals surface area (Å²) in [6.45, 7) is 7.22. The van der Waals surface area contributed by atoms with E-state index in [1.165, 1.54) is 30.6 Å². The van der Waals surface area contributed by atoms with Crippen LogP contribution < -0.4 is 5.32 Å². The Kier molecular flexibility index (Phi) is 10.6. The molecule has 1 aliphatic rings. The van der Waals surface area contributed by atoms with Gasteiger partial charge in [0.25, 0.3) is 0 Å². The van der Waals surface area contributed by atoms with Crippen molar-refractivity contribution >= 4 is 41.5 Å². The number of nitrogens with one attached hydrogen (secondary N) is 1. The number of rotatable bonds is 6. The molecule has 3 rings (SSSR count). The van der Waals surface area contributed by atoms with Crippen molar-refractivity contribution < 1.29 is 0 Å². The van der Waals surface area contributed by atoms with Gasteiger partial charge in [-0.05, 0) is 43.8 Å². The number of aryl methyl sites for hydroxylation is 1. The first-order valence-electron chi connectivity index (χ1n) is 10.7. The van der Waals surface area contributed by atoms with Crippen LogP contribution in [0, 0.1) is 0 Å². The van der Waals surface area contributed by atoms with Gasteiger partial charge in [0.2, 0.25) is 0 Å². The maximum Gasteiger partial charge on any atom is 0.194 e. The summed E-state index contributed by atoms with van der Waals surface area (Å²) in [5.74, 6) is 0.866. The molecule has 6 nitrogen and oxygen atoms in total. The number of hydrogen-bond acceptors (Lipinski definition) is 3. The van der Waals surface area contributed by atoms with E-state index >= 15 is 0 Å². The number of aromatic nitrogens is 1. The van der Waals surface area contributed by atoms with E-state index < -0.39 is 0 Å². The minimum atomic E-state index is 0. The predicted octanol–water partition coefficient (Wildman–Crippen LogP) is 3.64. The monoisotopic (exact) mass is 558 g/mol. The maximum absolute atomic E-state index is 6.10. The van der Waals surface area contributed by atoms with E-state index in [2.05, 4.69) is 56.3 Å². The third-order valence-electron chi connectivity index (χ3n) is 5.74. The fourth-order valence-corrected chi connectivity index (χ4v) is 4.16. The molecule has 2 heterocycles. The normalized spacial score (nSPS) is 16.0. The Morgan fingerprint density at radius 1 is 1.10 bits per heavy atom. The highest BCUT2D eigenvalue weighted by molar-refractivity contribution is 14.0. The largest absolute Gasteiger partial charge is 0.352 e. The van der Waals surface area contributed by atoms with Gasteiger partial charge in [0.05, 0.1) is 11.6 Å². The van der Waals surface area contributed by atoms with E-state index in [0.29, 0.717) is 0 Å². The van der Waals surface area contributed by atoms with E-state index in [-0.39, 0.29) is 24.0 Å². The van der Waals surface area contributed by atoms with Crippen molar-refractivity contribution in [2.24, 2.45) is 12.0 Å². The minimum Gasteiger partial charge on any atom is -0.352 e. The molecule has 0 aliphatic carbocycles. The number of hydrogen-bond donors (Lipinski definition) is 1. The molecule has 2 aromatic rings. The van der Waals surface area contributed by atoms with Crippen LogP contribution in [0.5, 0.6) is 0 Å². The molecule has 0 unspecified atom stereocenters. The number of halogens is 2. The molecule has 0 spiro atoms. The van der Waals surface area contributed by atoms with Gasteiger partial charge >= 0.3 is 0 Å². The van der Waals surface area contributed by atoms with Gasteiger partial charge in [-0.3, -0.25) is 9.89 Å². The van der Waals surface area contributed by atoms with Gasteiger partial charge in [-0.15, -0.1) is 24.0 Å². The molecule has 1 aromatic carbocycles. The SMILES string of the molecule is CN=C(NCc1ccc(CN2CCCN(C)CC2)cc1)N(C)Cc1cc(Cl)cn1C.I. The molecule has 0 bridgehead atoms. The smallest absolute Gasteiger partial charge is 0.194 e. The summed E-state index contributed by atoms with van der Waals surface area (Å²) in [5.41, 5.74) is 3.78. The van der Waals surface area contributed by atoms with Crippen molar-refractivity contribution in [1.82, 2.24) is 24.6 Å². The summed E-state index contributed by atoms with van der Waals surface area (Å²) in [7, 11) is 8.08. The lowest BCUT2D eigenvalue weighted by atomic mass is 10.1. The summed E-state index contributed by atoms with van der Waals surface area (Å²) in [5, 5.41) is 4.22. The van der Waals surface area contributed by atoms with Crippen molar-refractivity contribution in [1.29, 1.82) is 0 Å². The van der Waals surface area contributed by atoms with Crippen LogP contribution >= 0.6 is 35.6 Å². The van der Waals surface area contributed by atoms with Crippen molar-refractivity contribution in [2.75, 3.05) is 47.3 Å². The highest BCUT2D eigenvalue weighted by Crippen LogP contribution is 2.14. The molecule has 8 heteroatoms. The van der Waals surface area contributed by atoms with Gasteiger partial charge in [-0.2, -0.15) is 0 Å². The zero-order valence-corrected chi connectivity index (χ0v) is 22.2. The zero-order chi connectivity index (χ0) is 21.5. The molecule has 31 heavy (non-hydrogen) atoms. The van der Waals surface area contributed by atoms with Crippen LogP contribution in [0.15, 0.2) is 41.5 Å². The van der Waals surface area contributed by atoms with E-state index in [4.69, 9.17) is 11.6 Å². The number of benzene rings is 1. The van der Waals surface area contributed by atoms with Crippen molar-refractivity contribution in [3.8, 4) is 0 Å². The molecule has 172 valence electrons. The van der Waals surface area contributed by atoms with Gasteiger partial charge < -0.3 is 19.7 Å². The third kappa shape index (κ3) is 7.97. The number of likely N-dealkylation sites (N-methyl/N-ethyl adjacent to an activating group) is 1. The minimum absolute atomic E-state index is 0. The summed E-state index contributed by atoms with van der Waals surface area (Å²) in [4.78, 5) is 11.5. The highest BCUT2D eigenvalue weighted by atomic mass is 127. The molecule has 0 radical (unpaired) electrons. The van der Waals surface area contributed by atoms with Gasteiger partial charge in [0.15, 0.2) is 5.96 Å². The summed E-state index contributed by atoms with van der Waals surface area (Å²) in [6, 6.07) is 10.9. The highest BCUT2D eigenvalue weighted by Gasteiger charge is 2.13. The second-order valence-electron chi connectivity index (χ2n) is 8.27. The molecular formula is C23H36ClIN6. The van der Waals surface area contributed by atoms with Crippen LogP contribution in [0.1, 0.15) is 23.2 Å². The lowest BCUT2D eigenvalue weighted by Crippen LogP contribution is -2.38. The van der Waals surface area contributed by atoms with E-state index in [9.17, 15) is 0 Å². The summed E-state index contributed by atoms with van der Waals surface area (Å²) >= 11 is 6.10. The molecule has 1 aliphatic heterocycles. The lowest BCUT2D eigenvalue weighted by molar-refractivity contribution is 0.269. The second kappa shape index (κ2) is 12.7. The second-order valence-corrected chi connectivity index (χ2v) is 8.70. The third-order valence-corrected chi connectivity index (χ3v) is 5.95. The molecule has 1 saturated heterocycles. The van der Waals surface area contributed by atoms with E-state index in [1.807, 2.05) is 38.0 Å². The molecule has 1 fully saturated rings. The Bertz CT molecular complexity index is 835. The summed E-state index contributed by atoms with van der Waals surface area (Å²) < 4.78 is 2.05. The topological polar surface area (TPSA) is 39.0 Å². The van der Waals surface area contributed by atoms with Gasteiger partial charge in [-0.25, -0.2) is 0 Å². The Labute approximate surface area is 209 Å². The molecule has 1 N–H and O–H groups in total. The maximum atomic E-state index is 6.10. The van der Waals surface area contributed by atoms with Crippen molar-refractivity contribution in [3.63, 3.8) is 0 Å². The fraction of sp³-hybridized carbons (Fsp3) is 0.522. The Hall–Kier alpha value is -1.29. The standard InChI is InChI=1S/C23H35ClN6.HI/c1-25-23(29(4)18-22-14-21(24)17-28(22)3)26-15-19-6-8-20(9-7-19)16-30-11-5-10-27(2)12-13-30;/h6-9,14,17H,5,10-13,15-16,18H2,1-4H3,(H,25,26);1H. The lowest BCUT2D eigenvalue weighted by Gasteiger charge is -2.22. The Morgan fingerprint density at radius 2 is 1.81 bits per heavy atom. The number of guanidine groups is 1. The van der Waals surface area contributed by atoms with Gasteiger partial charge in [0.1, 0.15) is 0 Å².